The molecule has 3 rings (SSSR count). The van der Waals surface area contributed by atoms with Gasteiger partial charge < -0.3 is 5.32 Å². The fourth-order valence-electron chi connectivity index (χ4n) is 2.16. The number of aryl methyl sites for hydroxylation is 1. The first-order valence-electron chi connectivity index (χ1n) is 7.27. The lowest BCUT2D eigenvalue weighted by atomic mass is 10.2. The van der Waals surface area contributed by atoms with Crippen LogP contribution in [-0.4, -0.2) is 25.5 Å². The molecular weight excluding hydrogens is 314 g/mol. The van der Waals surface area contributed by atoms with E-state index in [0.29, 0.717) is 23.1 Å². The van der Waals surface area contributed by atoms with Crippen molar-refractivity contribution < 1.29 is 4.79 Å². The van der Waals surface area contributed by atoms with Gasteiger partial charge in [-0.15, -0.1) is 0 Å². The van der Waals surface area contributed by atoms with Crippen molar-refractivity contribution in [3.63, 3.8) is 0 Å². The molecule has 0 fully saturated rings. The Kier molecular flexibility index (Phi) is 4.43. The fourth-order valence-corrected chi connectivity index (χ4v) is 2.35. The highest BCUT2D eigenvalue weighted by Gasteiger charge is 2.11. The number of nitrogens with one attached hydrogen (secondary N) is 1. The van der Waals surface area contributed by atoms with Gasteiger partial charge in [-0.05, 0) is 24.6 Å². The molecule has 0 aliphatic carbocycles. The second kappa shape index (κ2) is 6.66. The molecule has 2 heterocycles. The predicted molar refractivity (Wildman–Crippen MR) is 88.6 cm³/mol. The SMILES string of the molecule is CCn1ccc(C(=O)Nc2ccn(Cc3ccccc3Cl)n2)n1. The number of rotatable bonds is 5. The largest absolute Gasteiger partial charge is 0.304 e. The lowest BCUT2D eigenvalue weighted by Gasteiger charge is -2.04. The van der Waals surface area contributed by atoms with E-state index in [1.165, 1.54) is 0 Å². The summed E-state index contributed by atoms with van der Waals surface area (Å²) in [5.74, 6) is 0.202. The van der Waals surface area contributed by atoms with Gasteiger partial charge >= 0.3 is 0 Å². The molecule has 0 unspecified atom stereocenters. The van der Waals surface area contributed by atoms with Crippen molar-refractivity contribution in [3.8, 4) is 0 Å². The van der Waals surface area contributed by atoms with E-state index in [1.807, 2.05) is 31.2 Å². The minimum Gasteiger partial charge on any atom is -0.304 e. The van der Waals surface area contributed by atoms with E-state index in [9.17, 15) is 4.79 Å². The molecule has 2 aromatic heterocycles. The highest BCUT2D eigenvalue weighted by molar-refractivity contribution is 6.31. The third-order valence-corrected chi connectivity index (χ3v) is 3.74. The Bertz CT molecular complexity index is 823. The summed E-state index contributed by atoms with van der Waals surface area (Å²) in [6, 6.07) is 11.0. The summed E-state index contributed by atoms with van der Waals surface area (Å²) < 4.78 is 3.42. The third kappa shape index (κ3) is 3.60. The van der Waals surface area contributed by atoms with Gasteiger partial charge in [0.05, 0.1) is 6.54 Å². The quantitative estimate of drug-likeness (QED) is 0.782. The summed E-state index contributed by atoms with van der Waals surface area (Å²) in [4.78, 5) is 12.1. The molecule has 6 nitrogen and oxygen atoms in total. The summed E-state index contributed by atoms with van der Waals surface area (Å²) in [5, 5.41) is 11.9. The molecule has 23 heavy (non-hydrogen) atoms. The summed E-state index contributed by atoms with van der Waals surface area (Å²) >= 11 is 6.14. The van der Waals surface area contributed by atoms with Crippen LogP contribution in [0, 0.1) is 0 Å². The Morgan fingerprint density at radius 1 is 1.13 bits per heavy atom. The predicted octanol–water partition coefficient (Wildman–Crippen LogP) is 3.05. The second-order valence-electron chi connectivity index (χ2n) is 5.00. The molecule has 0 aliphatic heterocycles. The Morgan fingerprint density at radius 3 is 2.65 bits per heavy atom. The normalized spacial score (nSPS) is 10.7. The molecule has 0 saturated carbocycles. The summed E-state index contributed by atoms with van der Waals surface area (Å²) in [6.45, 7) is 3.23. The van der Waals surface area contributed by atoms with E-state index < -0.39 is 0 Å². The van der Waals surface area contributed by atoms with E-state index in [0.717, 1.165) is 12.1 Å². The van der Waals surface area contributed by atoms with E-state index in [1.54, 1.807) is 33.9 Å². The van der Waals surface area contributed by atoms with Gasteiger partial charge in [0.1, 0.15) is 0 Å². The van der Waals surface area contributed by atoms with Crippen molar-refractivity contribution in [3.05, 3.63) is 65.1 Å². The van der Waals surface area contributed by atoms with Gasteiger partial charge in [-0.3, -0.25) is 14.2 Å². The monoisotopic (exact) mass is 329 g/mol. The number of anilines is 1. The van der Waals surface area contributed by atoms with Crippen molar-refractivity contribution in [1.82, 2.24) is 19.6 Å². The Labute approximate surface area is 138 Å². The smallest absolute Gasteiger partial charge is 0.277 e. The van der Waals surface area contributed by atoms with Gasteiger partial charge in [-0.25, -0.2) is 0 Å². The van der Waals surface area contributed by atoms with Gasteiger partial charge in [0.15, 0.2) is 11.5 Å². The van der Waals surface area contributed by atoms with Crippen molar-refractivity contribution in [1.29, 1.82) is 0 Å². The number of halogens is 1. The van der Waals surface area contributed by atoms with Crippen LogP contribution in [0.3, 0.4) is 0 Å². The molecule has 1 N–H and O–H groups in total. The number of hydrogen-bond donors (Lipinski definition) is 1. The number of nitrogens with zero attached hydrogens (tertiary/aromatic N) is 4. The number of benzene rings is 1. The van der Waals surface area contributed by atoms with Crippen molar-refractivity contribution in [2.75, 3.05) is 5.32 Å². The Balaban J connectivity index is 1.67. The van der Waals surface area contributed by atoms with Crippen LogP contribution >= 0.6 is 11.6 Å². The zero-order valence-corrected chi connectivity index (χ0v) is 13.4. The standard InChI is InChI=1S/C16H16ClN5O/c1-2-21-9-7-14(19-21)16(23)18-15-8-10-22(20-15)11-12-5-3-4-6-13(12)17/h3-10H,2,11H2,1H3,(H,18,20,23). The van der Waals surface area contributed by atoms with Crippen LogP contribution in [0.4, 0.5) is 5.82 Å². The first-order valence-corrected chi connectivity index (χ1v) is 7.65. The van der Waals surface area contributed by atoms with E-state index >= 15 is 0 Å². The van der Waals surface area contributed by atoms with Crippen molar-refractivity contribution in [2.24, 2.45) is 0 Å². The Morgan fingerprint density at radius 2 is 1.91 bits per heavy atom. The molecule has 0 bridgehead atoms. The molecule has 0 atom stereocenters. The van der Waals surface area contributed by atoms with Gasteiger partial charge in [-0.1, -0.05) is 29.8 Å². The van der Waals surface area contributed by atoms with Crippen LogP contribution in [0.5, 0.6) is 0 Å². The van der Waals surface area contributed by atoms with Crippen LogP contribution < -0.4 is 5.32 Å². The number of aromatic nitrogens is 4. The zero-order chi connectivity index (χ0) is 16.2. The molecule has 3 aromatic rings. The van der Waals surface area contributed by atoms with Crippen molar-refractivity contribution >= 4 is 23.3 Å². The average molecular weight is 330 g/mol. The summed E-state index contributed by atoms with van der Waals surface area (Å²) in [6.07, 6.45) is 3.56. The van der Waals surface area contributed by atoms with Crippen LogP contribution in [0.15, 0.2) is 48.8 Å². The molecule has 0 aliphatic rings. The van der Waals surface area contributed by atoms with Gasteiger partial charge in [0.25, 0.3) is 5.91 Å². The molecule has 0 radical (unpaired) electrons. The number of hydrogen-bond acceptors (Lipinski definition) is 3. The molecule has 0 spiro atoms. The molecular formula is C16H16ClN5O. The van der Waals surface area contributed by atoms with Crippen molar-refractivity contribution in [2.45, 2.75) is 20.0 Å². The molecule has 0 saturated heterocycles. The average Bonchev–Trinajstić information content (AvgIpc) is 3.19. The van der Waals surface area contributed by atoms with Gasteiger partial charge in [0, 0.05) is 30.0 Å². The van der Waals surface area contributed by atoms with Crippen LogP contribution in [0.1, 0.15) is 23.0 Å². The number of amides is 1. The van der Waals surface area contributed by atoms with Gasteiger partial charge in [0.2, 0.25) is 0 Å². The Hall–Kier alpha value is -2.60. The summed E-state index contributed by atoms with van der Waals surface area (Å²) in [7, 11) is 0. The molecule has 7 heteroatoms. The van der Waals surface area contributed by atoms with E-state index in [-0.39, 0.29) is 5.91 Å². The zero-order valence-electron chi connectivity index (χ0n) is 12.6. The van der Waals surface area contributed by atoms with E-state index in [4.69, 9.17) is 11.6 Å². The third-order valence-electron chi connectivity index (χ3n) is 3.37. The summed E-state index contributed by atoms with van der Waals surface area (Å²) in [5.41, 5.74) is 1.34. The molecule has 1 aromatic carbocycles. The highest BCUT2D eigenvalue weighted by Crippen LogP contribution is 2.16. The minimum absolute atomic E-state index is 0.278. The maximum Gasteiger partial charge on any atom is 0.277 e. The minimum atomic E-state index is -0.278. The topological polar surface area (TPSA) is 64.7 Å². The van der Waals surface area contributed by atoms with Gasteiger partial charge in [-0.2, -0.15) is 10.2 Å². The van der Waals surface area contributed by atoms with Crippen LogP contribution in [-0.2, 0) is 13.1 Å². The maximum atomic E-state index is 12.1. The lowest BCUT2D eigenvalue weighted by molar-refractivity contribution is 0.102. The van der Waals surface area contributed by atoms with Crippen LogP contribution in [0.2, 0.25) is 5.02 Å². The molecule has 1 amide bonds. The maximum absolute atomic E-state index is 12.1. The fraction of sp³-hybridized carbons (Fsp3) is 0.188. The first kappa shape index (κ1) is 15.3. The first-order chi connectivity index (χ1) is 11.2. The lowest BCUT2D eigenvalue weighted by Crippen LogP contribution is -2.14. The van der Waals surface area contributed by atoms with Crippen LogP contribution in [0.25, 0.3) is 0 Å². The number of carbonyl (C=O) groups excluding carboxylic acids is 1. The van der Waals surface area contributed by atoms with E-state index in [2.05, 4.69) is 15.5 Å². The highest BCUT2D eigenvalue weighted by atomic mass is 35.5. The number of carbonyl (C=O) groups is 1. The second-order valence-corrected chi connectivity index (χ2v) is 5.41. The molecule has 118 valence electrons.